The van der Waals surface area contributed by atoms with Gasteiger partial charge >= 0.3 is 6.61 Å². The van der Waals surface area contributed by atoms with Gasteiger partial charge in [0.1, 0.15) is 5.75 Å². The molecule has 2 aliphatic rings. The van der Waals surface area contributed by atoms with E-state index in [2.05, 4.69) is 49.4 Å². The summed E-state index contributed by atoms with van der Waals surface area (Å²) in [5.74, 6) is -0.0994. The van der Waals surface area contributed by atoms with E-state index in [-0.39, 0.29) is 17.6 Å². The minimum absolute atomic E-state index is 0.0528. The maximum absolute atomic E-state index is 13.0. The number of aromatic amines is 1. The van der Waals surface area contributed by atoms with Crippen molar-refractivity contribution in [3.63, 3.8) is 0 Å². The first-order valence-corrected chi connectivity index (χ1v) is 12.1. The fraction of sp³-hybridized carbons (Fsp3) is 0.241. The molecular formula is C29H26F2N4O2. The summed E-state index contributed by atoms with van der Waals surface area (Å²) in [4.78, 5) is 15.1. The van der Waals surface area contributed by atoms with Crippen LogP contribution in [0.25, 0.3) is 23.1 Å². The highest BCUT2D eigenvalue weighted by Crippen LogP contribution is 2.65. The Morgan fingerprint density at radius 1 is 1.11 bits per heavy atom. The smallest absolute Gasteiger partial charge is 0.387 e. The predicted molar refractivity (Wildman–Crippen MR) is 140 cm³/mol. The van der Waals surface area contributed by atoms with E-state index >= 15 is 0 Å². The maximum atomic E-state index is 13.0. The Labute approximate surface area is 212 Å². The second kappa shape index (κ2) is 8.81. The van der Waals surface area contributed by atoms with Crippen LogP contribution in [0.2, 0.25) is 0 Å². The number of benzene rings is 3. The van der Waals surface area contributed by atoms with Crippen molar-refractivity contribution in [1.82, 2.24) is 15.1 Å². The van der Waals surface area contributed by atoms with Crippen LogP contribution in [0.5, 0.6) is 5.75 Å². The molecular weight excluding hydrogens is 474 g/mol. The lowest BCUT2D eigenvalue weighted by Crippen LogP contribution is -2.21. The SMILES string of the molecule is CN(C)Cc1ccc(/C=C/c2n[nH]c3cc(C4C[C@@]45C(=O)Nc4ccc(OC(F)F)cc45)ccc23)cc1. The number of amides is 1. The highest BCUT2D eigenvalue weighted by Gasteiger charge is 2.65. The molecule has 188 valence electrons. The molecule has 1 aromatic heterocycles. The van der Waals surface area contributed by atoms with Crippen molar-refractivity contribution in [2.45, 2.75) is 30.9 Å². The van der Waals surface area contributed by atoms with Crippen LogP contribution in [0.15, 0.2) is 60.7 Å². The Balaban J connectivity index is 1.23. The topological polar surface area (TPSA) is 70.2 Å². The molecule has 1 aliphatic heterocycles. The van der Waals surface area contributed by atoms with Crippen LogP contribution in [0.4, 0.5) is 14.5 Å². The normalized spacial score (nSPS) is 20.4. The number of aromatic nitrogens is 2. The molecule has 1 aliphatic carbocycles. The fourth-order valence-corrected chi connectivity index (χ4v) is 5.42. The molecule has 1 saturated carbocycles. The summed E-state index contributed by atoms with van der Waals surface area (Å²) < 4.78 is 30.1. The standard InChI is InChI=1S/C29H26F2N4O2/c1-35(2)16-18-5-3-17(4-6-18)7-11-24-21-10-8-19(13-26(21)34-33-24)23-15-29(23)22-14-20(37-28(30)31)9-12-25(22)32-27(29)36/h3-14,23,28H,15-16H2,1-2H3,(H,32,36)(H,33,34)/b11-7+/t23?,29-/m0/s1. The van der Waals surface area contributed by atoms with Gasteiger partial charge in [0.2, 0.25) is 5.91 Å². The number of anilines is 1. The van der Waals surface area contributed by atoms with Crippen molar-refractivity contribution in [2.75, 3.05) is 19.4 Å². The number of carbonyl (C=O) groups excluding carboxylic acids is 1. The number of hydrogen-bond donors (Lipinski definition) is 2. The molecule has 4 aromatic rings. The molecule has 1 spiro atoms. The number of hydrogen-bond acceptors (Lipinski definition) is 4. The molecule has 1 amide bonds. The molecule has 6 nitrogen and oxygen atoms in total. The van der Waals surface area contributed by atoms with E-state index < -0.39 is 12.0 Å². The van der Waals surface area contributed by atoms with Gasteiger partial charge in [-0.1, -0.05) is 42.5 Å². The van der Waals surface area contributed by atoms with Crippen molar-refractivity contribution in [3.8, 4) is 5.75 Å². The van der Waals surface area contributed by atoms with Gasteiger partial charge < -0.3 is 15.0 Å². The number of H-pyrrole nitrogens is 1. The van der Waals surface area contributed by atoms with Crippen molar-refractivity contribution < 1.29 is 18.3 Å². The predicted octanol–water partition coefficient (Wildman–Crippen LogP) is 5.77. The molecule has 2 heterocycles. The van der Waals surface area contributed by atoms with Crippen LogP contribution in [0.3, 0.4) is 0 Å². The highest BCUT2D eigenvalue weighted by molar-refractivity contribution is 6.10. The first kappa shape index (κ1) is 23.4. The summed E-state index contributed by atoms with van der Waals surface area (Å²) in [6.45, 7) is -2.02. The third-order valence-corrected chi connectivity index (χ3v) is 7.24. The monoisotopic (exact) mass is 500 g/mol. The summed E-state index contributed by atoms with van der Waals surface area (Å²) in [7, 11) is 4.10. The number of halogens is 2. The van der Waals surface area contributed by atoms with Crippen molar-refractivity contribution in [1.29, 1.82) is 0 Å². The zero-order valence-electron chi connectivity index (χ0n) is 20.5. The average Bonchev–Trinajstić information content (AvgIpc) is 3.40. The fourth-order valence-electron chi connectivity index (χ4n) is 5.42. The van der Waals surface area contributed by atoms with Crippen LogP contribution >= 0.6 is 0 Å². The van der Waals surface area contributed by atoms with E-state index in [0.29, 0.717) is 17.7 Å². The van der Waals surface area contributed by atoms with E-state index in [0.717, 1.165) is 34.3 Å². The van der Waals surface area contributed by atoms with Crippen LogP contribution < -0.4 is 10.1 Å². The summed E-state index contributed by atoms with van der Waals surface area (Å²) in [5, 5.41) is 11.5. The van der Waals surface area contributed by atoms with Gasteiger partial charge in [-0.15, -0.1) is 0 Å². The molecule has 2 N–H and O–H groups in total. The molecule has 6 rings (SSSR count). The molecule has 3 aromatic carbocycles. The van der Waals surface area contributed by atoms with Crippen molar-refractivity contribution >= 4 is 34.6 Å². The van der Waals surface area contributed by atoms with E-state index in [1.54, 1.807) is 12.1 Å². The lowest BCUT2D eigenvalue weighted by Gasteiger charge is -2.11. The zero-order valence-corrected chi connectivity index (χ0v) is 20.5. The number of carbonyl (C=O) groups is 1. The van der Waals surface area contributed by atoms with Crippen LogP contribution in [0.1, 0.15) is 40.3 Å². The van der Waals surface area contributed by atoms with Gasteiger partial charge in [0.05, 0.1) is 16.6 Å². The number of ether oxygens (including phenoxy) is 1. The van der Waals surface area contributed by atoms with Gasteiger partial charge in [-0.3, -0.25) is 9.89 Å². The van der Waals surface area contributed by atoms with Crippen LogP contribution in [-0.2, 0) is 16.8 Å². The second-order valence-corrected chi connectivity index (χ2v) is 9.99. The summed E-state index contributed by atoms with van der Waals surface area (Å²) in [6, 6.07) is 19.1. The second-order valence-electron chi connectivity index (χ2n) is 9.99. The van der Waals surface area contributed by atoms with Gasteiger partial charge in [0, 0.05) is 23.5 Å². The third kappa shape index (κ3) is 4.17. The van der Waals surface area contributed by atoms with Gasteiger partial charge in [-0.05, 0) is 73.1 Å². The molecule has 8 heteroatoms. The molecule has 1 unspecified atom stereocenters. The van der Waals surface area contributed by atoms with Gasteiger partial charge in [-0.25, -0.2) is 0 Å². The Morgan fingerprint density at radius 2 is 1.92 bits per heavy atom. The van der Waals surface area contributed by atoms with Gasteiger partial charge in [0.25, 0.3) is 0 Å². The number of fused-ring (bicyclic) bond motifs is 3. The Bertz CT molecular complexity index is 1530. The maximum Gasteiger partial charge on any atom is 0.387 e. The first-order chi connectivity index (χ1) is 17.8. The quantitative estimate of drug-likeness (QED) is 0.338. The zero-order chi connectivity index (χ0) is 25.7. The largest absolute Gasteiger partial charge is 0.435 e. The molecule has 0 radical (unpaired) electrons. The van der Waals surface area contributed by atoms with E-state index in [4.69, 9.17) is 0 Å². The van der Waals surface area contributed by atoms with E-state index in [1.165, 1.54) is 11.6 Å². The number of rotatable bonds is 7. The lowest BCUT2D eigenvalue weighted by molar-refractivity contribution is -0.118. The Hall–Kier alpha value is -4.04. The molecule has 1 fully saturated rings. The summed E-state index contributed by atoms with van der Waals surface area (Å²) in [5.41, 5.74) is 5.68. The van der Waals surface area contributed by atoms with E-state index in [9.17, 15) is 13.6 Å². The Kier molecular flexibility index (Phi) is 5.56. The highest BCUT2D eigenvalue weighted by atomic mass is 19.3. The van der Waals surface area contributed by atoms with Crippen molar-refractivity contribution in [3.05, 3.63) is 88.6 Å². The van der Waals surface area contributed by atoms with Crippen LogP contribution in [0, 0.1) is 0 Å². The van der Waals surface area contributed by atoms with E-state index in [1.807, 2.05) is 44.4 Å². The molecule has 0 bridgehead atoms. The molecule has 2 atom stereocenters. The minimum Gasteiger partial charge on any atom is -0.435 e. The molecule has 37 heavy (non-hydrogen) atoms. The van der Waals surface area contributed by atoms with Crippen molar-refractivity contribution in [2.24, 2.45) is 0 Å². The van der Waals surface area contributed by atoms with Gasteiger partial charge in [-0.2, -0.15) is 13.9 Å². The number of nitrogens with zero attached hydrogens (tertiary/aromatic N) is 2. The lowest BCUT2D eigenvalue weighted by atomic mass is 9.91. The number of nitrogens with one attached hydrogen (secondary N) is 2. The van der Waals surface area contributed by atoms with Crippen LogP contribution in [-0.4, -0.2) is 41.7 Å². The summed E-state index contributed by atoms with van der Waals surface area (Å²) >= 11 is 0. The summed E-state index contributed by atoms with van der Waals surface area (Å²) in [6.07, 6.45) is 4.64. The third-order valence-electron chi connectivity index (χ3n) is 7.24. The Morgan fingerprint density at radius 3 is 2.68 bits per heavy atom. The average molecular weight is 501 g/mol. The van der Waals surface area contributed by atoms with Gasteiger partial charge in [0.15, 0.2) is 0 Å². The first-order valence-electron chi connectivity index (χ1n) is 12.1. The number of alkyl halides is 2. The minimum atomic E-state index is -2.91. The molecule has 0 saturated heterocycles.